The van der Waals surface area contributed by atoms with Gasteiger partial charge < -0.3 is 10.2 Å². The van der Waals surface area contributed by atoms with Crippen molar-refractivity contribution in [2.24, 2.45) is 0 Å². The Balaban J connectivity index is 2.06. The summed E-state index contributed by atoms with van der Waals surface area (Å²) < 4.78 is 26.3. The number of rotatable bonds is 5. The number of likely N-dealkylation sites (tertiary alicyclic amines) is 1. The highest BCUT2D eigenvalue weighted by Gasteiger charge is 2.38. The second-order valence-corrected chi connectivity index (χ2v) is 8.37. The number of nitrogens with zero attached hydrogens (tertiary/aromatic N) is 2. The zero-order valence-corrected chi connectivity index (χ0v) is 14.6. The Morgan fingerprint density at radius 2 is 1.82 bits per heavy atom. The molecular formula is C15H29N3O3S. The van der Waals surface area contributed by atoms with Crippen molar-refractivity contribution in [1.82, 2.24) is 14.5 Å². The molecule has 128 valence electrons. The van der Waals surface area contributed by atoms with Gasteiger partial charge in [-0.3, -0.25) is 4.79 Å². The minimum Gasteiger partial charge on any atom is -0.341 e. The van der Waals surface area contributed by atoms with E-state index < -0.39 is 16.1 Å². The Morgan fingerprint density at radius 1 is 1.14 bits per heavy atom. The van der Waals surface area contributed by atoms with E-state index in [0.717, 1.165) is 38.8 Å². The van der Waals surface area contributed by atoms with E-state index in [1.807, 2.05) is 18.9 Å². The first kappa shape index (κ1) is 17.7. The monoisotopic (exact) mass is 331 g/mol. The van der Waals surface area contributed by atoms with E-state index in [0.29, 0.717) is 25.4 Å². The van der Waals surface area contributed by atoms with Crippen LogP contribution in [0.25, 0.3) is 0 Å². The molecule has 1 atom stereocenters. The molecule has 0 aromatic carbocycles. The van der Waals surface area contributed by atoms with E-state index in [-0.39, 0.29) is 11.7 Å². The van der Waals surface area contributed by atoms with E-state index >= 15 is 0 Å². The molecule has 2 fully saturated rings. The number of carbonyl (C=O) groups excluding carboxylic acids is 1. The average molecular weight is 331 g/mol. The van der Waals surface area contributed by atoms with E-state index in [1.54, 1.807) is 0 Å². The Hall–Kier alpha value is -0.660. The SMILES string of the molecule is CCCS(=O)(=O)N1CCCCC1C(=O)N1CCC(NC)CC1. The van der Waals surface area contributed by atoms with Gasteiger partial charge in [-0.1, -0.05) is 13.3 Å². The highest BCUT2D eigenvalue weighted by molar-refractivity contribution is 7.89. The molecule has 2 aliphatic rings. The fourth-order valence-corrected chi connectivity index (χ4v) is 5.20. The van der Waals surface area contributed by atoms with Crippen LogP contribution in [0.5, 0.6) is 0 Å². The predicted octanol–water partition coefficient (Wildman–Crippen LogP) is 0.791. The van der Waals surface area contributed by atoms with E-state index in [2.05, 4.69) is 5.32 Å². The lowest BCUT2D eigenvalue weighted by Crippen LogP contribution is -2.55. The zero-order valence-electron chi connectivity index (χ0n) is 13.8. The van der Waals surface area contributed by atoms with E-state index in [1.165, 1.54) is 4.31 Å². The third-order valence-electron chi connectivity index (χ3n) is 4.77. The van der Waals surface area contributed by atoms with Gasteiger partial charge >= 0.3 is 0 Å². The molecule has 2 heterocycles. The van der Waals surface area contributed by atoms with Crippen molar-refractivity contribution in [2.45, 2.75) is 57.5 Å². The quantitative estimate of drug-likeness (QED) is 0.809. The van der Waals surface area contributed by atoms with Gasteiger partial charge in [0, 0.05) is 25.7 Å². The highest BCUT2D eigenvalue weighted by Crippen LogP contribution is 2.24. The number of piperidine rings is 2. The fourth-order valence-electron chi connectivity index (χ4n) is 3.46. The van der Waals surface area contributed by atoms with E-state index in [9.17, 15) is 13.2 Å². The van der Waals surface area contributed by atoms with Crippen molar-refractivity contribution in [3.05, 3.63) is 0 Å². The van der Waals surface area contributed by atoms with Gasteiger partial charge in [0.15, 0.2) is 0 Å². The standard InChI is InChI=1S/C15H29N3O3S/c1-3-12-22(20,21)18-9-5-4-6-14(18)15(19)17-10-7-13(16-2)8-11-17/h13-14,16H,3-12H2,1-2H3. The molecule has 7 heteroatoms. The first-order chi connectivity index (χ1) is 10.5. The van der Waals surface area contributed by atoms with Crippen molar-refractivity contribution >= 4 is 15.9 Å². The molecule has 0 bridgehead atoms. The number of carbonyl (C=O) groups is 1. The predicted molar refractivity (Wildman–Crippen MR) is 87.1 cm³/mol. The Morgan fingerprint density at radius 3 is 2.41 bits per heavy atom. The van der Waals surface area contributed by atoms with Gasteiger partial charge in [-0.05, 0) is 39.2 Å². The molecule has 22 heavy (non-hydrogen) atoms. The maximum absolute atomic E-state index is 12.8. The van der Waals surface area contributed by atoms with Gasteiger partial charge in [-0.2, -0.15) is 4.31 Å². The van der Waals surface area contributed by atoms with Crippen LogP contribution in [0.1, 0.15) is 45.4 Å². The largest absolute Gasteiger partial charge is 0.341 e. The maximum atomic E-state index is 12.8. The van der Waals surface area contributed by atoms with Gasteiger partial charge in [-0.15, -0.1) is 0 Å². The lowest BCUT2D eigenvalue weighted by molar-refractivity contribution is -0.137. The summed E-state index contributed by atoms with van der Waals surface area (Å²) in [5.41, 5.74) is 0. The molecular weight excluding hydrogens is 302 g/mol. The third-order valence-corrected chi connectivity index (χ3v) is 6.85. The molecule has 1 amide bonds. The van der Waals surface area contributed by atoms with Crippen LogP contribution >= 0.6 is 0 Å². The lowest BCUT2D eigenvalue weighted by atomic mass is 10.0. The van der Waals surface area contributed by atoms with Crippen molar-refractivity contribution in [1.29, 1.82) is 0 Å². The number of amides is 1. The van der Waals surface area contributed by atoms with Crippen molar-refractivity contribution in [2.75, 3.05) is 32.4 Å². The Bertz CT molecular complexity index is 472. The second kappa shape index (κ2) is 7.75. The summed E-state index contributed by atoms with van der Waals surface area (Å²) in [7, 11) is -1.36. The van der Waals surface area contributed by atoms with Crippen LogP contribution in [0.3, 0.4) is 0 Å². The molecule has 1 N–H and O–H groups in total. The molecule has 1 unspecified atom stereocenters. The summed E-state index contributed by atoms with van der Waals surface area (Å²) in [6.45, 7) is 3.80. The molecule has 0 aromatic heterocycles. The highest BCUT2D eigenvalue weighted by atomic mass is 32.2. The molecule has 0 saturated carbocycles. The van der Waals surface area contributed by atoms with Gasteiger partial charge in [0.2, 0.25) is 15.9 Å². The van der Waals surface area contributed by atoms with Gasteiger partial charge in [0.1, 0.15) is 6.04 Å². The first-order valence-corrected chi connectivity index (χ1v) is 10.1. The first-order valence-electron chi connectivity index (χ1n) is 8.45. The molecule has 0 aromatic rings. The molecule has 2 saturated heterocycles. The van der Waals surface area contributed by atoms with Crippen LogP contribution in [-0.4, -0.2) is 68.0 Å². The summed E-state index contributed by atoms with van der Waals surface area (Å²) in [6.07, 6.45) is 4.92. The number of hydrogen-bond donors (Lipinski definition) is 1. The smallest absolute Gasteiger partial charge is 0.241 e. The normalized spacial score (nSPS) is 25.4. The van der Waals surface area contributed by atoms with Crippen molar-refractivity contribution in [3.8, 4) is 0 Å². The summed E-state index contributed by atoms with van der Waals surface area (Å²) in [5.74, 6) is 0.146. The maximum Gasteiger partial charge on any atom is 0.241 e. The van der Waals surface area contributed by atoms with Crippen LogP contribution in [0.2, 0.25) is 0 Å². The molecule has 2 aliphatic heterocycles. The Kier molecular flexibility index (Phi) is 6.23. The van der Waals surface area contributed by atoms with Gasteiger partial charge in [0.25, 0.3) is 0 Å². The molecule has 6 nitrogen and oxygen atoms in total. The Labute approximate surface area is 134 Å². The topological polar surface area (TPSA) is 69.7 Å². The molecule has 0 aliphatic carbocycles. The zero-order chi connectivity index (χ0) is 16.2. The van der Waals surface area contributed by atoms with Gasteiger partial charge in [-0.25, -0.2) is 8.42 Å². The van der Waals surface area contributed by atoms with Crippen LogP contribution in [-0.2, 0) is 14.8 Å². The van der Waals surface area contributed by atoms with Crippen LogP contribution < -0.4 is 5.32 Å². The molecule has 0 spiro atoms. The van der Waals surface area contributed by atoms with Crippen LogP contribution in [0.15, 0.2) is 0 Å². The second-order valence-electron chi connectivity index (χ2n) is 6.33. The molecule has 2 rings (SSSR count). The minimum atomic E-state index is -3.31. The van der Waals surface area contributed by atoms with Crippen molar-refractivity contribution < 1.29 is 13.2 Å². The number of hydrogen-bond acceptors (Lipinski definition) is 4. The summed E-state index contributed by atoms with van der Waals surface area (Å²) in [6, 6.07) is -0.00762. The summed E-state index contributed by atoms with van der Waals surface area (Å²) in [4.78, 5) is 14.7. The molecule has 0 radical (unpaired) electrons. The third kappa shape index (κ3) is 4.00. The fraction of sp³-hybridized carbons (Fsp3) is 0.933. The minimum absolute atomic E-state index is 0.00827. The average Bonchev–Trinajstić information content (AvgIpc) is 2.54. The number of sulfonamides is 1. The number of nitrogens with one attached hydrogen (secondary N) is 1. The van der Waals surface area contributed by atoms with Crippen LogP contribution in [0.4, 0.5) is 0 Å². The van der Waals surface area contributed by atoms with Crippen LogP contribution in [0, 0.1) is 0 Å². The van der Waals surface area contributed by atoms with Crippen molar-refractivity contribution in [3.63, 3.8) is 0 Å². The summed E-state index contributed by atoms with van der Waals surface area (Å²) >= 11 is 0. The summed E-state index contributed by atoms with van der Waals surface area (Å²) in [5, 5.41) is 3.25. The van der Waals surface area contributed by atoms with Gasteiger partial charge in [0.05, 0.1) is 5.75 Å². The van der Waals surface area contributed by atoms with E-state index in [4.69, 9.17) is 0 Å². The lowest BCUT2D eigenvalue weighted by Gasteiger charge is -2.39.